The van der Waals surface area contributed by atoms with Gasteiger partial charge in [0.05, 0.1) is 17.8 Å². The second-order valence-corrected chi connectivity index (χ2v) is 11.0. The van der Waals surface area contributed by atoms with Crippen LogP contribution >= 0.6 is 0 Å². The molecule has 0 amide bonds. The Hall–Kier alpha value is -1.90. The van der Waals surface area contributed by atoms with Gasteiger partial charge in [-0.25, -0.2) is 4.39 Å². The maximum absolute atomic E-state index is 13.6. The standard InChI is InChI=1S/C28H37F4NO3/c1-18(2)33(17-28(30,31)32)23-10-11-26(3,35-4)24(13-23)21-14-27(36-16-21)12-9-20(15-34)25(27)19-5-7-22(29)8-6-19/h5-8,10,13,18,20-21,25,34H,9,11-12,14-17H2,1-4H3/t20?,21?,25?,26?,27-/m1/s1. The molecule has 1 heterocycles. The second kappa shape index (κ2) is 10.1. The summed E-state index contributed by atoms with van der Waals surface area (Å²) in [6.45, 7) is 4.93. The van der Waals surface area contributed by atoms with Crippen LogP contribution in [0.15, 0.2) is 47.7 Å². The third-order valence-corrected chi connectivity index (χ3v) is 8.41. The van der Waals surface area contributed by atoms with E-state index in [1.54, 1.807) is 33.1 Å². The molecule has 1 spiro atoms. The van der Waals surface area contributed by atoms with Crippen molar-refractivity contribution in [2.45, 2.75) is 75.8 Å². The first-order valence-corrected chi connectivity index (χ1v) is 12.7. The van der Waals surface area contributed by atoms with Crippen molar-refractivity contribution in [1.29, 1.82) is 0 Å². The molecule has 0 radical (unpaired) electrons. The van der Waals surface area contributed by atoms with Crippen LogP contribution in [0.2, 0.25) is 0 Å². The topological polar surface area (TPSA) is 41.9 Å². The number of aliphatic hydroxyl groups is 1. The molecule has 2 aliphatic carbocycles. The first-order chi connectivity index (χ1) is 16.9. The van der Waals surface area contributed by atoms with E-state index in [0.717, 1.165) is 24.0 Å². The van der Waals surface area contributed by atoms with Gasteiger partial charge in [0.25, 0.3) is 0 Å². The van der Waals surface area contributed by atoms with Crippen LogP contribution in [-0.4, -0.2) is 60.3 Å². The summed E-state index contributed by atoms with van der Waals surface area (Å²) in [6.07, 6.45) is 2.10. The van der Waals surface area contributed by atoms with E-state index < -0.39 is 23.9 Å². The Kier molecular flexibility index (Phi) is 7.62. The minimum atomic E-state index is -4.31. The Balaban J connectivity index is 1.66. The average molecular weight is 512 g/mol. The molecule has 1 saturated carbocycles. The number of hydrogen-bond donors (Lipinski definition) is 1. The smallest absolute Gasteiger partial charge is 0.396 e. The SMILES string of the molecule is COC1(C)CC=C(N(CC(F)(F)F)C(C)C)C=C1C1CO[C@]2(CCC(CO)C2c2ccc(F)cc2)C1. The van der Waals surface area contributed by atoms with E-state index in [1.165, 1.54) is 17.0 Å². The van der Waals surface area contributed by atoms with Crippen LogP contribution < -0.4 is 0 Å². The van der Waals surface area contributed by atoms with E-state index in [4.69, 9.17) is 9.47 Å². The van der Waals surface area contributed by atoms with Gasteiger partial charge in [-0.15, -0.1) is 0 Å². The minimum absolute atomic E-state index is 0.00188. The quantitative estimate of drug-likeness (QED) is 0.458. The molecular weight excluding hydrogens is 474 g/mol. The lowest BCUT2D eigenvalue weighted by molar-refractivity contribution is -0.144. The molecule has 0 bridgehead atoms. The van der Waals surface area contributed by atoms with Crippen LogP contribution in [-0.2, 0) is 9.47 Å². The van der Waals surface area contributed by atoms with Crippen LogP contribution in [0.25, 0.3) is 0 Å². The normalized spacial score (nSPS) is 32.8. The third kappa shape index (κ3) is 5.22. The van der Waals surface area contributed by atoms with Crippen molar-refractivity contribution in [2.75, 3.05) is 26.9 Å². The van der Waals surface area contributed by atoms with Crippen molar-refractivity contribution in [1.82, 2.24) is 4.90 Å². The molecule has 4 unspecified atom stereocenters. The Morgan fingerprint density at radius 3 is 2.50 bits per heavy atom. The van der Waals surface area contributed by atoms with E-state index in [9.17, 15) is 22.7 Å². The van der Waals surface area contributed by atoms with Gasteiger partial charge in [-0.3, -0.25) is 0 Å². The number of allylic oxidation sites excluding steroid dienone is 1. The second-order valence-electron chi connectivity index (χ2n) is 11.0. The lowest BCUT2D eigenvalue weighted by atomic mass is 9.73. The monoisotopic (exact) mass is 511 g/mol. The summed E-state index contributed by atoms with van der Waals surface area (Å²) in [4.78, 5) is 1.39. The lowest BCUT2D eigenvalue weighted by Crippen LogP contribution is -2.42. The Labute approximate surface area is 211 Å². The highest BCUT2D eigenvalue weighted by Gasteiger charge is 2.55. The molecule has 1 saturated heterocycles. The zero-order valence-electron chi connectivity index (χ0n) is 21.4. The number of alkyl halides is 3. The van der Waals surface area contributed by atoms with E-state index in [2.05, 4.69) is 0 Å². The summed E-state index contributed by atoms with van der Waals surface area (Å²) in [5, 5.41) is 10.1. The number of halogens is 4. The molecular formula is C28H37F4NO3. The maximum atomic E-state index is 13.6. The van der Waals surface area contributed by atoms with Crippen LogP contribution in [0, 0.1) is 17.7 Å². The van der Waals surface area contributed by atoms with Crippen molar-refractivity contribution in [3.63, 3.8) is 0 Å². The van der Waals surface area contributed by atoms with Crippen molar-refractivity contribution >= 4 is 0 Å². The molecule has 1 aromatic carbocycles. The van der Waals surface area contributed by atoms with Gasteiger partial charge in [0.2, 0.25) is 0 Å². The van der Waals surface area contributed by atoms with Gasteiger partial charge in [-0.1, -0.05) is 18.2 Å². The lowest BCUT2D eigenvalue weighted by Gasteiger charge is -2.40. The number of nitrogens with zero attached hydrogens (tertiary/aromatic N) is 1. The van der Waals surface area contributed by atoms with E-state index in [1.807, 2.05) is 19.1 Å². The highest BCUT2D eigenvalue weighted by Crippen LogP contribution is 2.57. The first kappa shape index (κ1) is 27.1. The van der Waals surface area contributed by atoms with E-state index in [-0.39, 0.29) is 36.2 Å². The summed E-state index contributed by atoms with van der Waals surface area (Å²) in [6, 6.07) is 6.09. The highest BCUT2D eigenvalue weighted by atomic mass is 19.4. The zero-order chi connectivity index (χ0) is 26.3. The number of rotatable bonds is 7. The fraction of sp³-hybridized carbons (Fsp3) is 0.643. The highest BCUT2D eigenvalue weighted by molar-refractivity contribution is 5.38. The van der Waals surface area contributed by atoms with Gasteiger partial charge in [0.1, 0.15) is 12.4 Å². The summed E-state index contributed by atoms with van der Waals surface area (Å²) in [5.74, 6) is -0.438. The van der Waals surface area contributed by atoms with Gasteiger partial charge in [0.15, 0.2) is 0 Å². The fourth-order valence-electron chi connectivity index (χ4n) is 6.52. The summed E-state index contributed by atoms with van der Waals surface area (Å²) >= 11 is 0. The Bertz CT molecular complexity index is 990. The van der Waals surface area contributed by atoms with Gasteiger partial charge < -0.3 is 19.5 Å². The molecule has 1 N–H and O–H groups in total. The predicted octanol–water partition coefficient (Wildman–Crippen LogP) is 5.98. The maximum Gasteiger partial charge on any atom is 0.405 e. The molecule has 2 fully saturated rings. The van der Waals surface area contributed by atoms with Crippen molar-refractivity contribution in [3.8, 4) is 0 Å². The largest absolute Gasteiger partial charge is 0.405 e. The van der Waals surface area contributed by atoms with E-state index in [0.29, 0.717) is 25.1 Å². The number of ether oxygens (including phenoxy) is 2. The number of benzene rings is 1. The van der Waals surface area contributed by atoms with Crippen molar-refractivity contribution in [3.05, 3.63) is 59.1 Å². The van der Waals surface area contributed by atoms with Gasteiger partial charge in [-0.05, 0) is 75.3 Å². The molecule has 1 aromatic rings. The number of methoxy groups -OCH3 is 1. The van der Waals surface area contributed by atoms with Gasteiger partial charge in [0, 0.05) is 43.7 Å². The summed E-state index contributed by atoms with van der Waals surface area (Å²) in [7, 11) is 1.63. The number of aliphatic hydroxyl groups excluding tert-OH is 1. The molecule has 3 aliphatic rings. The Morgan fingerprint density at radius 1 is 1.22 bits per heavy atom. The van der Waals surface area contributed by atoms with E-state index >= 15 is 0 Å². The minimum Gasteiger partial charge on any atom is -0.396 e. The summed E-state index contributed by atoms with van der Waals surface area (Å²) < 4.78 is 66.2. The fourth-order valence-corrected chi connectivity index (χ4v) is 6.52. The zero-order valence-corrected chi connectivity index (χ0v) is 21.4. The average Bonchev–Trinajstić information content (AvgIpc) is 3.41. The molecule has 36 heavy (non-hydrogen) atoms. The first-order valence-electron chi connectivity index (χ1n) is 12.7. The summed E-state index contributed by atoms with van der Waals surface area (Å²) in [5.41, 5.74) is 1.28. The van der Waals surface area contributed by atoms with Crippen LogP contribution in [0.1, 0.15) is 57.9 Å². The van der Waals surface area contributed by atoms with Crippen LogP contribution in [0.5, 0.6) is 0 Å². The Morgan fingerprint density at radius 2 is 1.92 bits per heavy atom. The van der Waals surface area contributed by atoms with Crippen LogP contribution in [0.3, 0.4) is 0 Å². The molecule has 1 aliphatic heterocycles. The van der Waals surface area contributed by atoms with Gasteiger partial charge in [-0.2, -0.15) is 13.2 Å². The predicted molar refractivity (Wildman–Crippen MR) is 130 cm³/mol. The van der Waals surface area contributed by atoms with Crippen LogP contribution in [0.4, 0.5) is 17.6 Å². The van der Waals surface area contributed by atoms with Crippen molar-refractivity contribution < 1.29 is 32.1 Å². The molecule has 4 nitrogen and oxygen atoms in total. The molecule has 0 aromatic heterocycles. The number of hydrogen-bond acceptors (Lipinski definition) is 4. The third-order valence-electron chi connectivity index (χ3n) is 8.41. The molecule has 8 heteroatoms. The van der Waals surface area contributed by atoms with Gasteiger partial charge >= 0.3 is 6.18 Å². The molecule has 4 rings (SSSR count). The van der Waals surface area contributed by atoms with Crippen molar-refractivity contribution in [2.24, 2.45) is 11.8 Å². The molecule has 200 valence electrons. The molecule has 5 atom stereocenters.